The third kappa shape index (κ3) is 5.22. The van der Waals surface area contributed by atoms with Crippen molar-refractivity contribution in [3.8, 4) is 11.5 Å². The second kappa shape index (κ2) is 8.28. The topological polar surface area (TPSA) is 75.7 Å². The minimum absolute atomic E-state index is 0.278. The predicted molar refractivity (Wildman–Crippen MR) is 101 cm³/mol. The maximum Gasteiger partial charge on any atom is 0.417 e. The molecule has 3 rings (SSSR count). The molecule has 15 heteroatoms. The van der Waals surface area contributed by atoms with Crippen LogP contribution < -0.4 is 9.46 Å². The van der Waals surface area contributed by atoms with Gasteiger partial charge in [-0.05, 0) is 24.3 Å². The number of ether oxygens (including phenoxy) is 1. The van der Waals surface area contributed by atoms with Gasteiger partial charge in [0.2, 0.25) is 0 Å². The Kier molecular flexibility index (Phi) is 6.32. The van der Waals surface area contributed by atoms with Crippen LogP contribution in [-0.4, -0.2) is 37.6 Å². The van der Waals surface area contributed by atoms with Gasteiger partial charge in [0.05, 0.1) is 34.3 Å². The van der Waals surface area contributed by atoms with Gasteiger partial charge in [0, 0.05) is 6.07 Å². The Morgan fingerprint density at radius 1 is 1.09 bits per heavy atom. The molecule has 1 amide bonds. The first-order chi connectivity index (χ1) is 14.6. The minimum atomic E-state index is -4.79. The Morgan fingerprint density at radius 2 is 1.72 bits per heavy atom. The second-order valence-corrected chi connectivity index (χ2v) is 9.05. The summed E-state index contributed by atoms with van der Waals surface area (Å²) >= 11 is 11.4. The van der Waals surface area contributed by atoms with Crippen molar-refractivity contribution >= 4 is 39.3 Å². The van der Waals surface area contributed by atoms with Crippen molar-refractivity contribution in [3.05, 3.63) is 57.3 Å². The minimum Gasteiger partial charge on any atom is -0.456 e. The molecular weight excluding hydrogens is 513 g/mol. The highest BCUT2D eigenvalue weighted by molar-refractivity contribution is 7.87. The normalized spacial score (nSPS) is 16.4. The van der Waals surface area contributed by atoms with Gasteiger partial charge in [-0.2, -0.15) is 25.9 Å². The fourth-order valence-corrected chi connectivity index (χ4v) is 4.19. The second-order valence-electron chi connectivity index (χ2n) is 6.56. The molecule has 0 bridgehead atoms. The summed E-state index contributed by atoms with van der Waals surface area (Å²) in [5.74, 6) is -6.96. The van der Waals surface area contributed by atoms with Crippen LogP contribution in [0.1, 0.15) is 15.9 Å². The summed E-state index contributed by atoms with van der Waals surface area (Å²) < 4.78 is 110. The fourth-order valence-electron chi connectivity index (χ4n) is 2.57. The van der Waals surface area contributed by atoms with E-state index in [0.29, 0.717) is 18.2 Å². The molecule has 1 fully saturated rings. The molecule has 6 nitrogen and oxygen atoms in total. The Morgan fingerprint density at radius 3 is 2.28 bits per heavy atom. The molecule has 2 aromatic rings. The molecule has 0 aromatic heterocycles. The van der Waals surface area contributed by atoms with Gasteiger partial charge in [-0.15, -0.1) is 0 Å². The van der Waals surface area contributed by atoms with Crippen molar-refractivity contribution in [2.75, 3.05) is 13.1 Å². The summed E-state index contributed by atoms with van der Waals surface area (Å²) in [4.78, 5) is 12.1. The first-order valence-corrected chi connectivity index (χ1v) is 10.5. The smallest absolute Gasteiger partial charge is 0.417 e. The monoisotopic (exact) mass is 522 g/mol. The lowest BCUT2D eigenvalue weighted by atomic mass is 10.2. The number of hydrogen-bond donors (Lipinski definition) is 1. The lowest BCUT2D eigenvalue weighted by molar-refractivity contribution is -0.137. The van der Waals surface area contributed by atoms with E-state index in [1.807, 2.05) is 0 Å². The molecule has 0 radical (unpaired) electrons. The van der Waals surface area contributed by atoms with Crippen molar-refractivity contribution in [2.45, 2.75) is 12.1 Å². The summed E-state index contributed by atoms with van der Waals surface area (Å²) in [6, 6.07) is 3.72. The number of carbonyl (C=O) groups excluding carboxylic acids is 1. The zero-order valence-corrected chi connectivity index (χ0v) is 17.6. The van der Waals surface area contributed by atoms with E-state index in [4.69, 9.17) is 27.9 Å². The maximum atomic E-state index is 14.4. The SMILES string of the molecule is O=C(NS(=O)(=O)N1CC(F)(F)C1)c1cc(Cl)c(Oc2ccc(Cl)c(C(F)(F)F)c2)cc1F. The predicted octanol–water partition coefficient (Wildman–Crippen LogP) is 4.87. The lowest BCUT2D eigenvalue weighted by Gasteiger charge is -2.37. The van der Waals surface area contributed by atoms with Gasteiger partial charge >= 0.3 is 16.4 Å². The Labute approximate surface area is 186 Å². The number of halogens is 8. The molecule has 1 saturated heterocycles. The highest BCUT2D eigenvalue weighted by atomic mass is 35.5. The molecule has 2 aromatic carbocycles. The third-order valence-corrected chi connectivity index (χ3v) is 6.12. The van der Waals surface area contributed by atoms with Gasteiger partial charge in [0.25, 0.3) is 11.8 Å². The van der Waals surface area contributed by atoms with Crippen molar-refractivity contribution in [2.24, 2.45) is 0 Å². The summed E-state index contributed by atoms with van der Waals surface area (Å²) in [5.41, 5.74) is -2.09. The van der Waals surface area contributed by atoms with Crippen molar-refractivity contribution < 1.29 is 44.3 Å². The zero-order chi connectivity index (χ0) is 24.1. The van der Waals surface area contributed by atoms with Gasteiger partial charge in [-0.1, -0.05) is 23.2 Å². The maximum absolute atomic E-state index is 14.4. The molecule has 0 saturated carbocycles. The van der Waals surface area contributed by atoms with E-state index in [1.165, 1.54) is 4.72 Å². The van der Waals surface area contributed by atoms with Crippen LogP contribution in [0.25, 0.3) is 0 Å². The summed E-state index contributed by atoms with van der Waals surface area (Å²) in [7, 11) is -4.66. The van der Waals surface area contributed by atoms with E-state index in [9.17, 15) is 39.6 Å². The number of alkyl halides is 5. The molecule has 0 unspecified atom stereocenters. The van der Waals surface area contributed by atoms with Crippen LogP contribution in [0.15, 0.2) is 30.3 Å². The number of benzene rings is 2. The number of amides is 1. The van der Waals surface area contributed by atoms with Gasteiger partial charge in [-0.25, -0.2) is 17.9 Å². The average Bonchev–Trinajstić information content (AvgIpc) is 2.62. The van der Waals surface area contributed by atoms with Crippen LogP contribution in [0.4, 0.5) is 26.3 Å². The van der Waals surface area contributed by atoms with E-state index >= 15 is 0 Å². The Hall–Kier alpha value is -2.22. The van der Waals surface area contributed by atoms with Crippen molar-refractivity contribution in [3.63, 3.8) is 0 Å². The Bertz CT molecular complexity index is 1180. The summed E-state index contributed by atoms with van der Waals surface area (Å²) in [6.45, 7) is -2.29. The largest absolute Gasteiger partial charge is 0.456 e. The molecule has 32 heavy (non-hydrogen) atoms. The number of rotatable bonds is 5. The van der Waals surface area contributed by atoms with E-state index in [2.05, 4.69) is 0 Å². The molecule has 1 aliphatic rings. The zero-order valence-electron chi connectivity index (χ0n) is 15.3. The Balaban J connectivity index is 1.81. The van der Waals surface area contributed by atoms with Crippen LogP contribution in [0.3, 0.4) is 0 Å². The van der Waals surface area contributed by atoms with Gasteiger partial charge in [-0.3, -0.25) is 4.79 Å². The molecule has 0 atom stereocenters. The molecule has 1 N–H and O–H groups in total. The standard InChI is InChI=1S/C17H10Cl2F6N2O4S/c18-11-2-1-8(3-10(11)17(23,24)25)31-14-5-13(20)9(4-12(14)19)15(28)26-32(29,30)27-6-16(21,22)7-27/h1-5H,6-7H2,(H,26,28). The van der Waals surface area contributed by atoms with Gasteiger partial charge < -0.3 is 4.74 Å². The number of nitrogens with one attached hydrogen (secondary N) is 1. The third-order valence-electron chi connectivity index (χ3n) is 4.11. The van der Waals surface area contributed by atoms with Gasteiger partial charge in [0.1, 0.15) is 17.3 Å². The van der Waals surface area contributed by atoms with Crippen LogP contribution in [0, 0.1) is 5.82 Å². The van der Waals surface area contributed by atoms with Crippen molar-refractivity contribution in [1.29, 1.82) is 0 Å². The molecule has 1 heterocycles. The van der Waals surface area contributed by atoms with Crippen molar-refractivity contribution in [1.82, 2.24) is 9.03 Å². The van der Waals surface area contributed by atoms with Crippen LogP contribution in [-0.2, 0) is 16.4 Å². The number of hydrogen-bond acceptors (Lipinski definition) is 4. The fraction of sp³-hybridized carbons (Fsp3) is 0.235. The summed E-state index contributed by atoms with van der Waals surface area (Å²) in [6.07, 6.45) is -4.79. The average molecular weight is 523 g/mol. The first-order valence-electron chi connectivity index (χ1n) is 8.33. The van der Waals surface area contributed by atoms with Crippen LogP contribution >= 0.6 is 23.2 Å². The van der Waals surface area contributed by atoms with Gasteiger partial charge in [0.15, 0.2) is 0 Å². The lowest BCUT2D eigenvalue weighted by Crippen LogP contribution is -2.61. The van der Waals surface area contributed by atoms with Crippen LogP contribution in [0.2, 0.25) is 10.0 Å². The van der Waals surface area contributed by atoms with E-state index in [0.717, 1.165) is 12.1 Å². The quantitative estimate of drug-likeness (QED) is 0.568. The molecule has 0 aliphatic carbocycles. The molecule has 174 valence electrons. The highest BCUT2D eigenvalue weighted by Gasteiger charge is 2.50. The summed E-state index contributed by atoms with van der Waals surface area (Å²) in [5, 5.41) is -1.05. The number of nitrogens with zero attached hydrogens (tertiary/aromatic N) is 1. The van der Waals surface area contributed by atoms with E-state index in [-0.39, 0.29) is 4.31 Å². The number of carbonyl (C=O) groups is 1. The van der Waals surface area contributed by atoms with E-state index < -0.39 is 79.8 Å². The highest BCUT2D eigenvalue weighted by Crippen LogP contribution is 2.39. The molecule has 0 spiro atoms. The first kappa shape index (κ1) is 24.4. The molecule has 1 aliphatic heterocycles. The van der Waals surface area contributed by atoms with E-state index in [1.54, 1.807) is 0 Å². The van der Waals surface area contributed by atoms with Crippen LogP contribution in [0.5, 0.6) is 11.5 Å². The molecular formula is C17H10Cl2F6N2O4S.